The number of azo groups is 1. The summed E-state index contributed by atoms with van der Waals surface area (Å²) < 4.78 is 25.8. The first-order valence-corrected chi connectivity index (χ1v) is 10.2. The van der Waals surface area contributed by atoms with E-state index < -0.39 is 15.6 Å². The highest BCUT2D eigenvalue weighted by Crippen LogP contribution is 2.32. The number of aryl methyl sites for hydroxylation is 1. The Bertz CT molecular complexity index is 1400. The fraction of sp³-hybridized carbons (Fsp3) is 0.0500. The van der Waals surface area contributed by atoms with Gasteiger partial charge in [0.15, 0.2) is 5.69 Å². The molecule has 0 spiro atoms. The van der Waals surface area contributed by atoms with Gasteiger partial charge in [0.05, 0.1) is 11.4 Å². The summed E-state index contributed by atoms with van der Waals surface area (Å²) in [5.41, 5.74) is 0.911. The lowest BCUT2D eigenvalue weighted by molar-refractivity contribution is 0.599. The second-order valence-corrected chi connectivity index (χ2v) is 7.94. The van der Waals surface area contributed by atoms with E-state index in [1.54, 1.807) is 49.4 Å². The van der Waals surface area contributed by atoms with Crippen LogP contribution in [-0.4, -0.2) is 18.2 Å². The maximum absolute atomic E-state index is 12.7. The average Bonchev–Trinajstić information content (AvgIpc) is 2.99. The van der Waals surface area contributed by atoms with Crippen molar-refractivity contribution in [2.45, 2.75) is 11.8 Å². The minimum absolute atomic E-state index is 0.0671. The van der Waals surface area contributed by atoms with Crippen molar-refractivity contribution in [3.63, 3.8) is 0 Å². The van der Waals surface area contributed by atoms with Crippen molar-refractivity contribution < 1.29 is 8.42 Å². The number of H-pyrrole nitrogens is 1. The van der Waals surface area contributed by atoms with Gasteiger partial charge in [0.2, 0.25) is 10.0 Å². The van der Waals surface area contributed by atoms with Gasteiger partial charge in [-0.3, -0.25) is 9.89 Å². The number of sulfonamides is 1. The van der Waals surface area contributed by atoms with E-state index in [0.717, 1.165) is 0 Å². The van der Waals surface area contributed by atoms with Crippen LogP contribution in [-0.2, 0) is 10.0 Å². The van der Waals surface area contributed by atoms with E-state index in [0.29, 0.717) is 22.2 Å². The minimum atomic E-state index is -4.07. The van der Waals surface area contributed by atoms with Crippen LogP contribution in [0.2, 0.25) is 0 Å². The van der Waals surface area contributed by atoms with E-state index in [2.05, 4.69) is 15.3 Å². The molecule has 4 aromatic rings. The number of nitrogens with two attached hydrogens (primary N) is 1. The van der Waals surface area contributed by atoms with E-state index in [-0.39, 0.29) is 16.3 Å². The van der Waals surface area contributed by atoms with Gasteiger partial charge in [-0.1, -0.05) is 48.5 Å². The van der Waals surface area contributed by atoms with Crippen LogP contribution in [0.5, 0.6) is 0 Å². The molecule has 0 radical (unpaired) electrons. The smallest absolute Gasteiger partial charge is 0.293 e. The van der Waals surface area contributed by atoms with Crippen LogP contribution < -0.4 is 10.7 Å². The molecule has 29 heavy (non-hydrogen) atoms. The SMILES string of the molecule is Cc1[nH]n(-c2ccccc2)c(=O)c1N=Nc1ccc2ccccc2c1S(N)(=O)=O. The molecule has 4 rings (SSSR count). The van der Waals surface area contributed by atoms with Crippen LogP contribution >= 0.6 is 0 Å². The summed E-state index contributed by atoms with van der Waals surface area (Å²) >= 11 is 0. The number of fused-ring (bicyclic) bond motifs is 1. The van der Waals surface area contributed by atoms with Crippen LogP contribution in [0, 0.1) is 6.92 Å². The molecule has 0 aliphatic heterocycles. The molecule has 3 aromatic carbocycles. The third-order valence-corrected chi connectivity index (χ3v) is 5.45. The zero-order valence-electron chi connectivity index (χ0n) is 15.4. The van der Waals surface area contributed by atoms with Gasteiger partial charge in [0.25, 0.3) is 5.56 Å². The molecule has 3 N–H and O–H groups in total. The Morgan fingerprint density at radius 3 is 2.34 bits per heavy atom. The maximum Gasteiger partial charge on any atom is 0.299 e. The van der Waals surface area contributed by atoms with E-state index >= 15 is 0 Å². The molecule has 0 atom stereocenters. The number of para-hydroxylation sites is 1. The largest absolute Gasteiger partial charge is 0.299 e. The first-order chi connectivity index (χ1) is 13.9. The first kappa shape index (κ1) is 18.8. The van der Waals surface area contributed by atoms with Crippen molar-refractivity contribution in [1.29, 1.82) is 0 Å². The van der Waals surface area contributed by atoms with Gasteiger partial charge in [0, 0.05) is 5.39 Å². The molecule has 0 bridgehead atoms. The summed E-state index contributed by atoms with van der Waals surface area (Å²) in [6.07, 6.45) is 0. The Morgan fingerprint density at radius 2 is 1.62 bits per heavy atom. The predicted octanol–water partition coefficient (Wildman–Crippen LogP) is 3.69. The lowest BCUT2D eigenvalue weighted by Gasteiger charge is -2.07. The summed E-state index contributed by atoms with van der Waals surface area (Å²) in [4.78, 5) is 12.6. The topological polar surface area (TPSA) is 123 Å². The van der Waals surface area contributed by atoms with Crippen molar-refractivity contribution in [2.24, 2.45) is 15.4 Å². The third kappa shape index (κ3) is 3.48. The second kappa shape index (κ2) is 7.12. The highest BCUT2D eigenvalue weighted by molar-refractivity contribution is 7.89. The standard InChI is InChI=1S/C20H17N5O3S/c1-13-18(20(26)25(24-13)15-8-3-2-4-9-15)23-22-17-12-11-14-7-5-6-10-16(14)19(17)29(21,27)28/h2-12,24H,1H3,(H2,21,27,28). The normalized spacial score (nSPS) is 12.1. The molecule has 1 aromatic heterocycles. The van der Waals surface area contributed by atoms with Gasteiger partial charge in [-0.2, -0.15) is 0 Å². The highest BCUT2D eigenvalue weighted by Gasteiger charge is 2.19. The molecule has 0 saturated carbocycles. The fourth-order valence-corrected chi connectivity index (χ4v) is 4.02. The van der Waals surface area contributed by atoms with Crippen LogP contribution in [0.25, 0.3) is 16.5 Å². The molecule has 0 aliphatic carbocycles. The van der Waals surface area contributed by atoms with Crippen molar-refractivity contribution in [1.82, 2.24) is 9.78 Å². The molecule has 0 fully saturated rings. The molecule has 9 heteroatoms. The van der Waals surface area contributed by atoms with Gasteiger partial charge in [0.1, 0.15) is 10.6 Å². The van der Waals surface area contributed by atoms with Gasteiger partial charge < -0.3 is 0 Å². The maximum atomic E-state index is 12.7. The van der Waals surface area contributed by atoms with Gasteiger partial charge in [-0.15, -0.1) is 10.2 Å². The molecule has 146 valence electrons. The summed E-state index contributed by atoms with van der Waals surface area (Å²) in [6.45, 7) is 1.69. The van der Waals surface area contributed by atoms with Crippen molar-refractivity contribution >= 4 is 32.2 Å². The Hall–Kier alpha value is -3.56. The summed E-state index contributed by atoms with van der Waals surface area (Å²) in [7, 11) is -4.07. The van der Waals surface area contributed by atoms with Crippen LogP contribution in [0.15, 0.2) is 86.6 Å². The van der Waals surface area contributed by atoms with Crippen LogP contribution in [0.1, 0.15) is 5.69 Å². The number of nitrogens with one attached hydrogen (secondary N) is 1. The number of aromatic nitrogens is 2. The van der Waals surface area contributed by atoms with Crippen molar-refractivity contribution in [3.05, 3.63) is 82.8 Å². The molecule has 1 heterocycles. The number of aromatic amines is 1. The van der Waals surface area contributed by atoms with E-state index in [1.165, 1.54) is 10.7 Å². The van der Waals surface area contributed by atoms with E-state index in [9.17, 15) is 13.2 Å². The quantitative estimate of drug-likeness (QED) is 0.501. The van der Waals surface area contributed by atoms with Crippen molar-refractivity contribution in [3.8, 4) is 5.69 Å². The molecular weight excluding hydrogens is 390 g/mol. The highest BCUT2D eigenvalue weighted by atomic mass is 32.2. The lowest BCUT2D eigenvalue weighted by atomic mass is 10.1. The predicted molar refractivity (Wildman–Crippen MR) is 111 cm³/mol. The van der Waals surface area contributed by atoms with Gasteiger partial charge >= 0.3 is 0 Å². The third-order valence-electron chi connectivity index (χ3n) is 4.46. The van der Waals surface area contributed by atoms with Crippen LogP contribution in [0.4, 0.5) is 11.4 Å². The zero-order chi connectivity index (χ0) is 20.6. The van der Waals surface area contributed by atoms with E-state index in [4.69, 9.17) is 5.14 Å². The van der Waals surface area contributed by atoms with Gasteiger partial charge in [-0.05, 0) is 30.5 Å². The monoisotopic (exact) mass is 407 g/mol. The average molecular weight is 407 g/mol. The van der Waals surface area contributed by atoms with Crippen molar-refractivity contribution in [2.75, 3.05) is 0 Å². The molecular formula is C20H17N5O3S. The summed E-state index contributed by atoms with van der Waals surface area (Å²) in [6, 6.07) is 19.2. The second-order valence-electron chi connectivity index (χ2n) is 6.44. The molecule has 0 saturated heterocycles. The summed E-state index contributed by atoms with van der Waals surface area (Å²) in [5.74, 6) is 0. The first-order valence-electron chi connectivity index (χ1n) is 8.69. The van der Waals surface area contributed by atoms with E-state index in [1.807, 2.05) is 18.2 Å². The van der Waals surface area contributed by atoms with Crippen LogP contribution in [0.3, 0.4) is 0 Å². The number of benzene rings is 3. The number of nitrogens with zero attached hydrogens (tertiary/aromatic N) is 3. The number of rotatable bonds is 4. The Kier molecular flexibility index (Phi) is 4.61. The number of primary sulfonamides is 1. The van der Waals surface area contributed by atoms with Gasteiger partial charge in [-0.25, -0.2) is 18.2 Å². The number of hydrogen-bond donors (Lipinski definition) is 2. The molecule has 0 amide bonds. The fourth-order valence-electron chi connectivity index (χ4n) is 3.13. The summed E-state index contributed by atoms with van der Waals surface area (Å²) in [5, 5.41) is 17.6. The Labute approximate surface area is 166 Å². The zero-order valence-corrected chi connectivity index (χ0v) is 16.2. The molecule has 0 unspecified atom stereocenters. The Balaban J connectivity index is 1.85. The Morgan fingerprint density at radius 1 is 0.931 bits per heavy atom. The number of hydrogen-bond acceptors (Lipinski definition) is 5. The molecule has 8 nitrogen and oxygen atoms in total. The molecule has 0 aliphatic rings. The minimum Gasteiger partial charge on any atom is -0.293 e. The lowest BCUT2D eigenvalue weighted by Crippen LogP contribution is -2.14.